The largest absolute Gasteiger partial charge is 0.497 e. The molecule has 0 aromatic heterocycles. The minimum Gasteiger partial charge on any atom is -0.497 e. The molecule has 0 unspecified atom stereocenters. The average Bonchev–Trinajstić information content (AvgIpc) is 2.69. The third kappa shape index (κ3) is 3.98. The zero-order valence-corrected chi connectivity index (χ0v) is 16.9. The molecule has 0 aliphatic rings. The van der Waals surface area contributed by atoms with Gasteiger partial charge in [0.05, 0.1) is 23.9 Å². The van der Waals surface area contributed by atoms with E-state index in [2.05, 4.69) is 0 Å². The van der Waals surface area contributed by atoms with Gasteiger partial charge in [0.1, 0.15) is 16.5 Å². The van der Waals surface area contributed by atoms with Crippen molar-refractivity contribution in [2.45, 2.75) is 17.9 Å². The van der Waals surface area contributed by atoms with Crippen molar-refractivity contribution in [3.05, 3.63) is 89.2 Å². The summed E-state index contributed by atoms with van der Waals surface area (Å²) in [7, 11) is -2.46. The summed E-state index contributed by atoms with van der Waals surface area (Å²) in [5, 5.41) is 0.132. The van der Waals surface area contributed by atoms with E-state index in [0.717, 1.165) is 0 Å². The average molecular weight is 420 g/mol. The monoisotopic (exact) mass is 419 g/mol. The van der Waals surface area contributed by atoms with Crippen LogP contribution in [-0.2, 0) is 10.0 Å². The summed E-state index contributed by atoms with van der Waals surface area (Å²) in [6.07, 6.45) is 0. The predicted molar refractivity (Wildman–Crippen MR) is 109 cm³/mol. The molecule has 3 aromatic carbocycles. The molecule has 0 radical (unpaired) electrons. The lowest BCUT2D eigenvalue weighted by Gasteiger charge is -2.31. The fraction of sp³-hybridized carbons (Fsp3) is 0.143. The van der Waals surface area contributed by atoms with Crippen molar-refractivity contribution in [1.29, 1.82) is 0 Å². The normalized spacial score (nSPS) is 12.4. The molecule has 0 saturated carbocycles. The number of ether oxygens (including phenoxy) is 1. The van der Waals surface area contributed by atoms with Gasteiger partial charge < -0.3 is 4.74 Å². The van der Waals surface area contributed by atoms with Gasteiger partial charge in [-0.25, -0.2) is 12.8 Å². The smallest absolute Gasteiger partial charge is 0.266 e. The number of methoxy groups -OCH3 is 1. The second kappa shape index (κ2) is 8.20. The summed E-state index contributed by atoms with van der Waals surface area (Å²) in [5.41, 5.74) is 1.09. The summed E-state index contributed by atoms with van der Waals surface area (Å²) in [6.45, 7) is 1.74. The number of anilines is 1. The van der Waals surface area contributed by atoms with Crippen LogP contribution in [0.3, 0.4) is 0 Å². The van der Waals surface area contributed by atoms with Gasteiger partial charge in [0, 0.05) is 0 Å². The molecule has 0 bridgehead atoms. The van der Waals surface area contributed by atoms with E-state index in [9.17, 15) is 12.8 Å². The Balaban J connectivity index is 2.15. The highest BCUT2D eigenvalue weighted by Gasteiger charge is 2.32. The molecule has 0 saturated heterocycles. The van der Waals surface area contributed by atoms with E-state index in [-0.39, 0.29) is 15.7 Å². The summed E-state index contributed by atoms with van der Waals surface area (Å²) in [5.74, 6) is 0.217. The maximum atomic E-state index is 13.5. The maximum absolute atomic E-state index is 13.5. The Labute approximate surface area is 169 Å². The molecular formula is C21H19ClFNO3S. The van der Waals surface area contributed by atoms with Crippen molar-refractivity contribution >= 4 is 27.3 Å². The summed E-state index contributed by atoms with van der Waals surface area (Å²) in [4.78, 5) is 0.00134. The molecule has 0 N–H and O–H groups in total. The lowest BCUT2D eigenvalue weighted by molar-refractivity contribution is 0.415. The highest BCUT2D eigenvalue weighted by Crippen LogP contribution is 2.36. The van der Waals surface area contributed by atoms with Crippen LogP contribution in [0.25, 0.3) is 0 Å². The van der Waals surface area contributed by atoms with Gasteiger partial charge in [-0.05, 0) is 61.0 Å². The van der Waals surface area contributed by atoms with E-state index in [4.69, 9.17) is 16.3 Å². The van der Waals surface area contributed by atoms with Crippen molar-refractivity contribution in [1.82, 2.24) is 0 Å². The lowest BCUT2D eigenvalue weighted by atomic mass is 10.1. The molecule has 0 fully saturated rings. The molecular weight excluding hydrogens is 401 g/mol. The molecule has 146 valence electrons. The fourth-order valence-corrected chi connectivity index (χ4v) is 5.08. The molecule has 3 rings (SSSR count). The second-order valence-electron chi connectivity index (χ2n) is 6.16. The predicted octanol–water partition coefficient (Wildman–Crippen LogP) is 5.44. The highest BCUT2D eigenvalue weighted by atomic mass is 35.5. The SMILES string of the molecule is COc1ccc(N([C@@H](C)c2ccc(F)cc2)S(=O)(=O)c2ccccc2Cl)cc1. The lowest BCUT2D eigenvalue weighted by Crippen LogP contribution is -2.34. The fourth-order valence-electron chi connectivity index (χ4n) is 2.94. The number of sulfonamides is 1. The van der Waals surface area contributed by atoms with Crippen molar-refractivity contribution < 1.29 is 17.5 Å². The number of nitrogens with zero attached hydrogens (tertiary/aromatic N) is 1. The van der Waals surface area contributed by atoms with Crippen LogP contribution in [-0.4, -0.2) is 15.5 Å². The molecule has 3 aromatic rings. The third-order valence-corrected chi connectivity index (χ3v) is 6.80. The topological polar surface area (TPSA) is 46.6 Å². The Morgan fingerprint density at radius 2 is 1.57 bits per heavy atom. The van der Waals surface area contributed by atoms with E-state index in [1.165, 1.54) is 35.7 Å². The number of halogens is 2. The van der Waals surface area contributed by atoms with E-state index >= 15 is 0 Å². The van der Waals surface area contributed by atoms with Crippen LogP contribution in [0, 0.1) is 5.82 Å². The standard InChI is InChI=1S/C21H19ClFNO3S/c1-15(16-7-9-17(23)10-8-16)24(18-11-13-19(27-2)14-12-18)28(25,26)21-6-4-3-5-20(21)22/h3-15H,1-2H3/t15-/m0/s1. The first-order chi connectivity index (χ1) is 13.3. The molecule has 28 heavy (non-hydrogen) atoms. The Morgan fingerprint density at radius 1 is 0.964 bits per heavy atom. The molecule has 0 aliphatic heterocycles. The summed E-state index contributed by atoms with van der Waals surface area (Å²) in [6, 6.07) is 18.1. The first kappa shape index (κ1) is 20.2. The Kier molecular flexibility index (Phi) is 5.91. The Hall–Kier alpha value is -2.57. The van der Waals surface area contributed by atoms with Crippen LogP contribution in [0.1, 0.15) is 18.5 Å². The van der Waals surface area contributed by atoms with Gasteiger partial charge >= 0.3 is 0 Å². The number of hydrogen-bond acceptors (Lipinski definition) is 3. The minimum absolute atomic E-state index is 0.00134. The number of rotatable bonds is 6. The van der Waals surface area contributed by atoms with Gasteiger partial charge in [-0.15, -0.1) is 0 Å². The first-order valence-corrected chi connectivity index (χ1v) is 10.3. The molecule has 4 nitrogen and oxygen atoms in total. The van der Waals surface area contributed by atoms with E-state index in [1.807, 2.05) is 0 Å². The molecule has 7 heteroatoms. The van der Waals surface area contributed by atoms with Crippen LogP contribution in [0.15, 0.2) is 77.7 Å². The van der Waals surface area contributed by atoms with Crippen LogP contribution in [0.2, 0.25) is 5.02 Å². The maximum Gasteiger partial charge on any atom is 0.266 e. The quantitative estimate of drug-likeness (QED) is 0.534. The molecule has 0 spiro atoms. The van der Waals surface area contributed by atoms with E-state index < -0.39 is 16.1 Å². The zero-order valence-electron chi connectivity index (χ0n) is 15.3. The minimum atomic E-state index is -4.00. The molecule has 0 heterocycles. The van der Waals surface area contributed by atoms with Gasteiger partial charge in [-0.1, -0.05) is 35.9 Å². The number of benzene rings is 3. The van der Waals surface area contributed by atoms with Gasteiger partial charge in [0.15, 0.2) is 0 Å². The molecule has 0 aliphatic carbocycles. The van der Waals surface area contributed by atoms with Crippen LogP contribution >= 0.6 is 11.6 Å². The zero-order chi connectivity index (χ0) is 20.3. The third-order valence-electron chi connectivity index (χ3n) is 4.40. The summed E-state index contributed by atoms with van der Waals surface area (Å²) >= 11 is 6.18. The van der Waals surface area contributed by atoms with Crippen LogP contribution in [0.4, 0.5) is 10.1 Å². The van der Waals surface area contributed by atoms with Gasteiger partial charge in [-0.3, -0.25) is 4.31 Å². The van der Waals surface area contributed by atoms with E-state index in [1.54, 1.807) is 55.5 Å². The van der Waals surface area contributed by atoms with Crippen LogP contribution < -0.4 is 9.04 Å². The summed E-state index contributed by atoms with van der Waals surface area (Å²) < 4.78 is 46.8. The van der Waals surface area contributed by atoms with Crippen molar-refractivity contribution in [3.63, 3.8) is 0 Å². The molecule has 1 atom stereocenters. The van der Waals surface area contributed by atoms with Crippen molar-refractivity contribution in [2.24, 2.45) is 0 Å². The Bertz CT molecular complexity index is 1050. The first-order valence-electron chi connectivity index (χ1n) is 8.53. The Morgan fingerprint density at radius 3 is 2.14 bits per heavy atom. The highest BCUT2D eigenvalue weighted by molar-refractivity contribution is 7.93. The van der Waals surface area contributed by atoms with Gasteiger partial charge in [-0.2, -0.15) is 0 Å². The van der Waals surface area contributed by atoms with Crippen LogP contribution in [0.5, 0.6) is 5.75 Å². The van der Waals surface area contributed by atoms with Gasteiger partial charge in [0.2, 0.25) is 0 Å². The van der Waals surface area contributed by atoms with Crippen molar-refractivity contribution in [3.8, 4) is 5.75 Å². The van der Waals surface area contributed by atoms with Crippen molar-refractivity contribution in [2.75, 3.05) is 11.4 Å². The molecule has 0 amide bonds. The van der Waals surface area contributed by atoms with E-state index in [0.29, 0.717) is 17.0 Å². The number of hydrogen-bond donors (Lipinski definition) is 0. The van der Waals surface area contributed by atoms with Gasteiger partial charge in [0.25, 0.3) is 10.0 Å². The second-order valence-corrected chi connectivity index (χ2v) is 8.35.